The van der Waals surface area contributed by atoms with Gasteiger partial charge in [-0.1, -0.05) is 0 Å². The van der Waals surface area contributed by atoms with Crippen molar-refractivity contribution in [2.75, 3.05) is 7.11 Å². The Bertz CT molecular complexity index is 633. The summed E-state index contributed by atoms with van der Waals surface area (Å²) in [7, 11) is 1.51. The summed E-state index contributed by atoms with van der Waals surface area (Å²) in [5.74, 6) is -0.202. The summed E-state index contributed by atoms with van der Waals surface area (Å²) >= 11 is 0. The number of ether oxygens (including phenoxy) is 3. The third-order valence-electron chi connectivity index (χ3n) is 2.59. The van der Waals surface area contributed by atoms with Crippen molar-refractivity contribution in [3.63, 3.8) is 0 Å². The average Bonchev–Trinajstić information content (AvgIpc) is 2.47. The number of carbonyl (C=O) groups is 1. The van der Waals surface area contributed by atoms with Crippen LogP contribution in [0.1, 0.15) is 10.4 Å². The van der Waals surface area contributed by atoms with Gasteiger partial charge in [-0.05, 0) is 48.5 Å². The smallest absolute Gasteiger partial charge is 0.497 e. The molecule has 0 bridgehead atoms. The lowest BCUT2D eigenvalue weighted by molar-refractivity contribution is -0.274. The van der Waals surface area contributed by atoms with E-state index in [4.69, 9.17) is 9.47 Å². The number of methoxy groups -OCH3 is 1. The van der Waals surface area contributed by atoms with Crippen LogP contribution in [0.2, 0.25) is 0 Å². The second-order valence-corrected chi connectivity index (χ2v) is 4.14. The second kappa shape index (κ2) is 6.38. The highest BCUT2D eigenvalue weighted by Gasteiger charge is 2.31. The molecule has 4 nitrogen and oxygen atoms in total. The van der Waals surface area contributed by atoms with E-state index in [0.29, 0.717) is 11.5 Å². The Balaban J connectivity index is 2.03. The van der Waals surface area contributed by atoms with Crippen molar-refractivity contribution in [3.8, 4) is 17.2 Å². The van der Waals surface area contributed by atoms with Gasteiger partial charge < -0.3 is 14.2 Å². The summed E-state index contributed by atoms with van der Waals surface area (Å²) in [5.41, 5.74) is 0.102. The minimum Gasteiger partial charge on any atom is -0.497 e. The van der Waals surface area contributed by atoms with Crippen LogP contribution in [-0.2, 0) is 0 Å². The van der Waals surface area contributed by atoms with Crippen LogP contribution in [-0.4, -0.2) is 19.4 Å². The zero-order valence-electron chi connectivity index (χ0n) is 11.4. The maximum atomic E-state index is 12.0. The Kier molecular flexibility index (Phi) is 4.55. The van der Waals surface area contributed by atoms with E-state index in [1.807, 2.05) is 0 Å². The molecule has 0 N–H and O–H groups in total. The van der Waals surface area contributed by atoms with Gasteiger partial charge in [-0.25, -0.2) is 4.79 Å². The Labute approximate surface area is 124 Å². The SMILES string of the molecule is COc1ccc(OC(=O)c2ccc(OC(F)(F)F)cc2)cc1. The molecule has 22 heavy (non-hydrogen) atoms. The van der Waals surface area contributed by atoms with Crippen molar-refractivity contribution in [1.29, 1.82) is 0 Å². The van der Waals surface area contributed by atoms with Crippen molar-refractivity contribution in [1.82, 2.24) is 0 Å². The minimum absolute atomic E-state index is 0.102. The molecule has 0 fully saturated rings. The number of halogens is 3. The van der Waals surface area contributed by atoms with Crippen molar-refractivity contribution >= 4 is 5.97 Å². The number of rotatable bonds is 4. The van der Waals surface area contributed by atoms with Gasteiger partial charge >= 0.3 is 12.3 Å². The van der Waals surface area contributed by atoms with E-state index in [0.717, 1.165) is 12.1 Å². The summed E-state index contributed by atoms with van der Waals surface area (Å²) in [6, 6.07) is 10.8. The molecular weight excluding hydrogens is 301 g/mol. The van der Waals surface area contributed by atoms with E-state index < -0.39 is 18.1 Å². The largest absolute Gasteiger partial charge is 0.573 e. The Hall–Kier alpha value is -2.70. The summed E-state index contributed by atoms with van der Waals surface area (Å²) < 4.78 is 49.8. The van der Waals surface area contributed by atoms with Gasteiger partial charge in [-0.15, -0.1) is 13.2 Å². The number of alkyl halides is 3. The van der Waals surface area contributed by atoms with Crippen LogP contribution in [0.25, 0.3) is 0 Å². The molecule has 0 saturated carbocycles. The standard InChI is InChI=1S/C15H11F3O4/c1-20-11-6-8-12(9-7-11)21-14(19)10-2-4-13(5-3-10)22-15(16,17)18/h2-9H,1H3. The highest BCUT2D eigenvalue weighted by atomic mass is 19.4. The Morgan fingerprint density at radius 1 is 0.864 bits per heavy atom. The zero-order chi connectivity index (χ0) is 16.2. The van der Waals surface area contributed by atoms with Crippen LogP contribution < -0.4 is 14.2 Å². The maximum Gasteiger partial charge on any atom is 0.573 e. The first-order valence-electron chi connectivity index (χ1n) is 6.09. The van der Waals surface area contributed by atoms with Crippen molar-refractivity contribution in [3.05, 3.63) is 54.1 Å². The molecule has 0 aliphatic heterocycles. The molecule has 0 heterocycles. The summed E-state index contributed by atoms with van der Waals surface area (Å²) in [6.45, 7) is 0. The molecule has 0 atom stereocenters. The van der Waals surface area contributed by atoms with Crippen LogP contribution in [0.4, 0.5) is 13.2 Å². The van der Waals surface area contributed by atoms with E-state index in [1.165, 1.54) is 31.4 Å². The molecule has 0 amide bonds. The van der Waals surface area contributed by atoms with Gasteiger partial charge in [-0.2, -0.15) is 0 Å². The molecule has 0 saturated heterocycles. The number of hydrogen-bond donors (Lipinski definition) is 0. The normalized spacial score (nSPS) is 10.9. The molecule has 0 spiro atoms. The first kappa shape index (κ1) is 15.7. The van der Waals surface area contributed by atoms with Crippen LogP contribution in [0.15, 0.2) is 48.5 Å². The molecule has 0 aliphatic rings. The number of benzene rings is 2. The lowest BCUT2D eigenvalue weighted by Gasteiger charge is -2.09. The Morgan fingerprint density at radius 3 is 1.86 bits per heavy atom. The van der Waals surface area contributed by atoms with Crippen LogP contribution in [0.3, 0.4) is 0 Å². The fourth-order valence-electron chi connectivity index (χ4n) is 1.60. The van der Waals surface area contributed by atoms with Crippen molar-refractivity contribution < 1.29 is 32.2 Å². The predicted octanol–water partition coefficient (Wildman–Crippen LogP) is 3.81. The topological polar surface area (TPSA) is 44.8 Å². The van der Waals surface area contributed by atoms with Gasteiger partial charge in [0.15, 0.2) is 0 Å². The van der Waals surface area contributed by atoms with Crippen molar-refractivity contribution in [2.45, 2.75) is 6.36 Å². The molecule has 0 unspecified atom stereocenters. The number of hydrogen-bond acceptors (Lipinski definition) is 4. The van der Waals surface area contributed by atoms with E-state index in [-0.39, 0.29) is 5.56 Å². The average molecular weight is 312 g/mol. The predicted molar refractivity (Wildman–Crippen MR) is 71.1 cm³/mol. The van der Waals surface area contributed by atoms with E-state index in [9.17, 15) is 18.0 Å². The molecule has 116 valence electrons. The lowest BCUT2D eigenvalue weighted by Crippen LogP contribution is -2.17. The Morgan fingerprint density at radius 2 is 1.36 bits per heavy atom. The highest BCUT2D eigenvalue weighted by molar-refractivity contribution is 5.91. The van der Waals surface area contributed by atoms with Gasteiger partial charge in [-0.3, -0.25) is 0 Å². The maximum absolute atomic E-state index is 12.0. The number of esters is 1. The first-order valence-corrected chi connectivity index (χ1v) is 6.09. The third kappa shape index (κ3) is 4.41. The second-order valence-electron chi connectivity index (χ2n) is 4.14. The van der Waals surface area contributed by atoms with Crippen LogP contribution in [0.5, 0.6) is 17.2 Å². The fraction of sp³-hybridized carbons (Fsp3) is 0.133. The molecule has 0 aliphatic carbocycles. The van der Waals surface area contributed by atoms with Crippen molar-refractivity contribution in [2.24, 2.45) is 0 Å². The monoisotopic (exact) mass is 312 g/mol. The van der Waals surface area contributed by atoms with Gasteiger partial charge in [0.2, 0.25) is 0 Å². The minimum atomic E-state index is -4.77. The summed E-state index contributed by atoms with van der Waals surface area (Å²) in [4.78, 5) is 11.8. The highest BCUT2D eigenvalue weighted by Crippen LogP contribution is 2.23. The first-order chi connectivity index (χ1) is 10.4. The molecule has 0 radical (unpaired) electrons. The van der Waals surface area contributed by atoms with E-state index >= 15 is 0 Å². The third-order valence-corrected chi connectivity index (χ3v) is 2.59. The molecule has 2 aromatic carbocycles. The molecule has 2 rings (SSSR count). The lowest BCUT2D eigenvalue weighted by atomic mass is 10.2. The van der Waals surface area contributed by atoms with E-state index in [1.54, 1.807) is 12.1 Å². The van der Waals surface area contributed by atoms with Gasteiger partial charge in [0, 0.05) is 0 Å². The fourth-order valence-corrected chi connectivity index (χ4v) is 1.60. The molecular formula is C15H11F3O4. The van der Waals surface area contributed by atoms with Crippen LogP contribution in [0, 0.1) is 0 Å². The number of carbonyl (C=O) groups excluding carboxylic acids is 1. The van der Waals surface area contributed by atoms with Gasteiger partial charge in [0.1, 0.15) is 17.2 Å². The van der Waals surface area contributed by atoms with E-state index in [2.05, 4.69) is 4.74 Å². The zero-order valence-corrected chi connectivity index (χ0v) is 11.4. The molecule has 0 aromatic heterocycles. The summed E-state index contributed by atoms with van der Waals surface area (Å²) in [6.07, 6.45) is -4.77. The van der Waals surface area contributed by atoms with Crippen LogP contribution >= 0.6 is 0 Å². The quantitative estimate of drug-likeness (QED) is 0.636. The van der Waals surface area contributed by atoms with Gasteiger partial charge in [0.05, 0.1) is 12.7 Å². The molecule has 7 heteroatoms. The summed E-state index contributed by atoms with van der Waals surface area (Å²) in [5, 5.41) is 0. The molecule has 2 aromatic rings. The van der Waals surface area contributed by atoms with Gasteiger partial charge in [0.25, 0.3) is 0 Å².